The molecule has 7 nitrogen and oxygen atoms in total. The molecule has 9 heteroatoms. The number of amides is 1. The summed E-state index contributed by atoms with van der Waals surface area (Å²) in [6.45, 7) is 5.19. The molecule has 0 unspecified atom stereocenters. The fourth-order valence-corrected chi connectivity index (χ4v) is 3.49. The Hall–Kier alpha value is -2.58. The number of hydrogen-bond donors (Lipinski definition) is 1. The molecule has 0 radical (unpaired) electrons. The number of carbonyl (C=O) groups excluding carboxylic acids is 1. The monoisotopic (exact) mass is 417 g/mol. The lowest BCUT2D eigenvalue weighted by Crippen LogP contribution is -2.15. The lowest BCUT2D eigenvalue weighted by Gasteiger charge is -2.11. The fourth-order valence-electron chi connectivity index (χ4n) is 2.57. The number of hydrogen-bond acceptors (Lipinski definition) is 6. The quantitative estimate of drug-likeness (QED) is 0.554. The van der Waals surface area contributed by atoms with Gasteiger partial charge in [0, 0.05) is 12.7 Å². The summed E-state index contributed by atoms with van der Waals surface area (Å²) in [6.07, 6.45) is 1.49. The van der Waals surface area contributed by atoms with E-state index in [1.807, 2.05) is 42.7 Å². The van der Waals surface area contributed by atoms with Crippen LogP contribution in [0.15, 0.2) is 47.8 Å². The summed E-state index contributed by atoms with van der Waals surface area (Å²) in [5.41, 5.74) is 0.875. The highest BCUT2D eigenvalue weighted by Crippen LogP contribution is 2.31. The lowest BCUT2D eigenvalue weighted by atomic mass is 10.2. The van der Waals surface area contributed by atoms with Gasteiger partial charge in [-0.3, -0.25) is 4.79 Å². The van der Waals surface area contributed by atoms with Crippen LogP contribution in [0.2, 0.25) is 5.02 Å². The molecule has 2 heterocycles. The first-order valence-electron chi connectivity index (χ1n) is 8.82. The molecule has 0 fully saturated rings. The Labute approximate surface area is 172 Å². The topological polar surface area (TPSA) is 81.9 Å². The van der Waals surface area contributed by atoms with Crippen molar-refractivity contribution in [1.82, 2.24) is 19.7 Å². The number of benzene rings is 1. The molecule has 3 aromatic rings. The highest BCUT2D eigenvalue weighted by molar-refractivity contribution is 7.99. The Morgan fingerprint density at radius 3 is 2.75 bits per heavy atom. The summed E-state index contributed by atoms with van der Waals surface area (Å²) in [6, 6.07) is 11.1. The van der Waals surface area contributed by atoms with Gasteiger partial charge in [0.1, 0.15) is 11.6 Å². The number of carbonyl (C=O) groups is 1. The number of nitrogens with one attached hydrogen (secondary N) is 1. The lowest BCUT2D eigenvalue weighted by molar-refractivity contribution is -0.113. The molecule has 1 aromatic carbocycles. The molecule has 0 aliphatic carbocycles. The predicted octanol–water partition coefficient (Wildman–Crippen LogP) is 4.14. The van der Waals surface area contributed by atoms with Crippen LogP contribution >= 0.6 is 23.4 Å². The molecule has 0 aliphatic heterocycles. The first-order valence-corrected chi connectivity index (χ1v) is 10.2. The van der Waals surface area contributed by atoms with E-state index >= 15 is 0 Å². The third-order valence-electron chi connectivity index (χ3n) is 3.79. The zero-order chi connectivity index (χ0) is 19.9. The number of thioether (sulfide) groups is 1. The molecular formula is C19H20ClN5O2S. The van der Waals surface area contributed by atoms with Crippen molar-refractivity contribution in [3.8, 4) is 17.1 Å². The van der Waals surface area contributed by atoms with Crippen molar-refractivity contribution in [3.63, 3.8) is 0 Å². The van der Waals surface area contributed by atoms with Gasteiger partial charge in [0.2, 0.25) is 5.91 Å². The van der Waals surface area contributed by atoms with Crippen LogP contribution in [0, 0.1) is 0 Å². The number of para-hydroxylation sites is 1. The van der Waals surface area contributed by atoms with E-state index in [1.54, 1.807) is 12.1 Å². The van der Waals surface area contributed by atoms with Crippen LogP contribution in [-0.2, 0) is 11.3 Å². The number of ether oxygens (including phenoxy) is 1. The second kappa shape index (κ2) is 9.57. The molecule has 1 N–H and O–H groups in total. The SMILES string of the molecule is CCOc1ccccc1-c1nnc(SCC(=O)Nc2ccc(Cl)cn2)n1CC. The van der Waals surface area contributed by atoms with Gasteiger partial charge in [0.15, 0.2) is 11.0 Å². The average molecular weight is 418 g/mol. The van der Waals surface area contributed by atoms with E-state index < -0.39 is 0 Å². The third kappa shape index (κ3) is 4.82. The van der Waals surface area contributed by atoms with Gasteiger partial charge in [-0.25, -0.2) is 4.98 Å². The van der Waals surface area contributed by atoms with Gasteiger partial charge >= 0.3 is 0 Å². The van der Waals surface area contributed by atoms with Gasteiger partial charge in [-0.05, 0) is 38.1 Å². The van der Waals surface area contributed by atoms with Crippen LogP contribution in [-0.4, -0.2) is 38.0 Å². The minimum Gasteiger partial charge on any atom is -0.493 e. The van der Waals surface area contributed by atoms with Crippen LogP contribution in [0.25, 0.3) is 11.4 Å². The molecule has 0 atom stereocenters. The Morgan fingerprint density at radius 1 is 1.21 bits per heavy atom. The van der Waals surface area contributed by atoms with E-state index in [0.29, 0.717) is 35.0 Å². The summed E-state index contributed by atoms with van der Waals surface area (Å²) >= 11 is 7.12. The van der Waals surface area contributed by atoms with Gasteiger partial charge in [0.25, 0.3) is 0 Å². The third-order valence-corrected chi connectivity index (χ3v) is 4.98. The van der Waals surface area contributed by atoms with Gasteiger partial charge in [-0.1, -0.05) is 35.5 Å². The molecule has 2 aromatic heterocycles. The molecule has 3 rings (SSSR count). The minimum atomic E-state index is -0.179. The normalized spacial score (nSPS) is 10.7. The molecule has 1 amide bonds. The van der Waals surface area contributed by atoms with E-state index in [4.69, 9.17) is 16.3 Å². The van der Waals surface area contributed by atoms with Crippen molar-refractivity contribution in [1.29, 1.82) is 0 Å². The zero-order valence-corrected chi connectivity index (χ0v) is 17.1. The number of rotatable bonds is 8. The highest BCUT2D eigenvalue weighted by atomic mass is 35.5. The molecule has 0 aliphatic rings. The van der Waals surface area contributed by atoms with Crippen LogP contribution in [0.1, 0.15) is 13.8 Å². The number of halogens is 1. The Balaban J connectivity index is 1.72. The number of pyridine rings is 1. The summed E-state index contributed by atoms with van der Waals surface area (Å²) < 4.78 is 7.67. The maximum absolute atomic E-state index is 12.2. The van der Waals surface area contributed by atoms with Crippen molar-refractivity contribution in [3.05, 3.63) is 47.6 Å². The van der Waals surface area contributed by atoms with Gasteiger partial charge in [0.05, 0.1) is 22.9 Å². The molecule has 146 valence electrons. The van der Waals surface area contributed by atoms with E-state index in [9.17, 15) is 4.79 Å². The fraction of sp³-hybridized carbons (Fsp3) is 0.263. The molecule has 0 bridgehead atoms. The maximum atomic E-state index is 12.2. The highest BCUT2D eigenvalue weighted by Gasteiger charge is 2.17. The maximum Gasteiger partial charge on any atom is 0.236 e. The van der Waals surface area contributed by atoms with Crippen molar-refractivity contribution < 1.29 is 9.53 Å². The Morgan fingerprint density at radius 2 is 2.04 bits per heavy atom. The smallest absolute Gasteiger partial charge is 0.236 e. The van der Waals surface area contributed by atoms with Crippen molar-refractivity contribution in [2.45, 2.75) is 25.5 Å². The first kappa shape index (κ1) is 20.2. The van der Waals surface area contributed by atoms with Crippen LogP contribution < -0.4 is 10.1 Å². The van der Waals surface area contributed by atoms with E-state index in [2.05, 4.69) is 20.5 Å². The van der Waals surface area contributed by atoms with E-state index in [0.717, 1.165) is 11.3 Å². The van der Waals surface area contributed by atoms with Crippen molar-refractivity contribution in [2.75, 3.05) is 17.7 Å². The Bertz CT molecular complexity index is 946. The second-order valence-electron chi connectivity index (χ2n) is 5.68. The summed E-state index contributed by atoms with van der Waals surface area (Å²) in [5.74, 6) is 1.94. The standard InChI is InChI=1S/C19H20ClN5O2S/c1-3-25-18(14-7-5-6-8-15(14)27-4-2)23-24-19(25)28-12-17(26)22-16-10-9-13(20)11-21-16/h5-11H,3-4,12H2,1-2H3,(H,21,22,26). The molecule has 28 heavy (non-hydrogen) atoms. The predicted molar refractivity (Wildman–Crippen MR) is 111 cm³/mol. The van der Waals surface area contributed by atoms with E-state index in [1.165, 1.54) is 18.0 Å². The summed E-state index contributed by atoms with van der Waals surface area (Å²) in [5, 5.41) is 12.5. The van der Waals surface area contributed by atoms with Crippen LogP contribution in [0.4, 0.5) is 5.82 Å². The second-order valence-corrected chi connectivity index (χ2v) is 7.06. The van der Waals surface area contributed by atoms with Gasteiger partial charge in [-0.2, -0.15) is 0 Å². The summed E-state index contributed by atoms with van der Waals surface area (Å²) in [4.78, 5) is 16.3. The van der Waals surface area contributed by atoms with E-state index in [-0.39, 0.29) is 11.7 Å². The number of nitrogens with zero attached hydrogens (tertiary/aromatic N) is 4. The minimum absolute atomic E-state index is 0.179. The molecule has 0 saturated carbocycles. The summed E-state index contributed by atoms with van der Waals surface area (Å²) in [7, 11) is 0. The largest absolute Gasteiger partial charge is 0.493 e. The number of anilines is 1. The first-order chi connectivity index (χ1) is 13.6. The number of aromatic nitrogens is 4. The Kier molecular flexibility index (Phi) is 6.89. The molecule has 0 saturated heterocycles. The van der Waals surface area contributed by atoms with Gasteiger partial charge in [-0.15, -0.1) is 10.2 Å². The zero-order valence-electron chi connectivity index (χ0n) is 15.6. The molecular weight excluding hydrogens is 398 g/mol. The van der Waals surface area contributed by atoms with Gasteiger partial charge < -0.3 is 14.6 Å². The molecule has 0 spiro atoms. The van der Waals surface area contributed by atoms with Crippen molar-refractivity contribution >= 4 is 35.1 Å². The van der Waals surface area contributed by atoms with Crippen LogP contribution in [0.3, 0.4) is 0 Å². The average Bonchev–Trinajstić information content (AvgIpc) is 3.11. The van der Waals surface area contributed by atoms with Crippen LogP contribution in [0.5, 0.6) is 5.75 Å². The van der Waals surface area contributed by atoms with Crippen molar-refractivity contribution in [2.24, 2.45) is 0 Å².